The van der Waals surface area contributed by atoms with Gasteiger partial charge in [-0.25, -0.2) is 4.39 Å². The summed E-state index contributed by atoms with van der Waals surface area (Å²) in [6.45, 7) is 3.06. The number of hydrogen-bond acceptors (Lipinski definition) is 6. The maximum Gasteiger partial charge on any atom is 0.208 e. The van der Waals surface area contributed by atoms with E-state index in [1.165, 1.54) is 16.4 Å². The van der Waals surface area contributed by atoms with Crippen LogP contribution in [0, 0.1) is 0 Å². The van der Waals surface area contributed by atoms with Gasteiger partial charge < -0.3 is 15.3 Å². The Bertz CT molecular complexity index is 484. The van der Waals surface area contributed by atoms with Crippen molar-refractivity contribution in [3.8, 4) is 5.75 Å². The van der Waals surface area contributed by atoms with Gasteiger partial charge in [-0.2, -0.15) is 0 Å². The average molecular weight is 301 g/mol. The summed E-state index contributed by atoms with van der Waals surface area (Å²) in [7, 11) is 1.66. The van der Waals surface area contributed by atoms with Crippen LogP contribution in [-0.2, 0) is 11.3 Å². The van der Waals surface area contributed by atoms with Crippen LogP contribution in [0.1, 0.15) is 18.4 Å². The monoisotopic (exact) mass is 301 g/mol. The standard InChI is InChI=1S/C13H20FN3O2S/c1-18-6-5-16-4-2-3-13(14,9-16)17-7-10-11(19-17)8-20-12(10)15/h8H,2-7,9,15H2,1H3/t13-/m1/s1. The van der Waals surface area contributed by atoms with Gasteiger partial charge in [0.2, 0.25) is 5.79 Å². The van der Waals surface area contributed by atoms with E-state index in [9.17, 15) is 0 Å². The number of thiophene rings is 1. The van der Waals surface area contributed by atoms with Crippen molar-refractivity contribution in [2.75, 3.05) is 39.1 Å². The maximum absolute atomic E-state index is 15.2. The number of anilines is 1. The zero-order valence-electron chi connectivity index (χ0n) is 11.6. The normalized spacial score (nSPS) is 27.5. The molecule has 0 bridgehead atoms. The summed E-state index contributed by atoms with van der Waals surface area (Å²) in [5.41, 5.74) is 6.80. The van der Waals surface area contributed by atoms with Gasteiger partial charge in [-0.1, -0.05) is 0 Å². The van der Waals surface area contributed by atoms with Crippen LogP contribution in [0.4, 0.5) is 9.39 Å². The van der Waals surface area contributed by atoms with E-state index in [1.807, 2.05) is 5.38 Å². The number of likely N-dealkylation sites (tertiary alicyclic amines) is 1. The Morgan fingerprint density at radius 2 is 2.45 bits per heavy atom. The highest BCUT2D eigenvalue weighted by molar-refractivity contribution is 7.14. The molecular formula is C13H20FN3O2S. The van der Waals surface area contributed by atoms with Crippen LogP contribution in [0.2, 0.25) is 0 Å². The molecule has 1 atom stereocenters. The molecule has 0 radical (unpaired) electrons. The van der Waals surface area contributed by atoms with E-state index < -0.39 is 5.79 Å². The zero-order chi connectivity index (χ0) is 14.2. The molecule has 3 heterocycles. The number of piperidine rings is 1. The van der Waals surface area contributed by atoms with Gasteiger partial charge in [-0.15, -0.1) is 16.4 Å². The third kappa shape index (κ3) is 2.50. The molecule has 1 fully saturated rings. The Balaban J connectivity index is 1.67. The van der Waals surface area contributed by atoms with E-state index in [0.29, 0.717) is 31.9 Å². The lowest BCUT2D eigenvalue weighted by molar-refractivity contribution is -0.216. The molecule has 0 spiro atoms. The number of hydroxylamine groups is 2. The number of fused-ring (bicyclic) bond motifs is 1. The van der Waals surface area contributed by atoms with Gasteiger partial charge in [-0.3, -0.25) is 4.90 Å². The van der Waals surface area contributed by atoms with Crippen molar-refractivity contribution < 1.29 is 14.0 Å². The molecule has 0 amide bonds. The van der Waals surface area contributed by atoms with Crippen molar-refractivity contribution in [1.29, 1.82) is 0 Å². The molecule has 112 valence electrons. The van der Waals surface area contributed by atoms with Gasteiger partial charge in [0.25, 0.3) is 0 Å². The fourth-order valence-corrected chi connectivity index (χ4v) is 3.55. The van der Waals surface area contributed by atoms with Crippen molar-refractivity contribution in [2.24, 2.45) is 0 Å². The van der Waals surface area contributed by atoms with Gasteiger partial charge in [-0.05, 0) is 13.0 Å². The Morgan fingerprint density at radius 3 is 3.20 bits per heavy atom. The van der Waals surface area contributed by atoms with Crippen LogP contribution in [0.15, 0.2) is 5.38 Å². The summed E-state index contributed by atoms with van der Waals surface area (Å²) in [6.07, 6.45) is 1.31. The van der Waals surface area contributed by atoms with Crippen molar-refractivity contribution in [2.45, 2.75) is 25.2 Å². The van der Waals surface area contributed by atoms with E-state index in [1.54, 1.807) is 7.11 Å². The second-order valence-electron chi connectivity index (χ2n) is 5.36. The molecule has 2 aliphatic heterocycles. The fourth-order valence-electron chi connectivity index (χ4n) is 2.82. The number of halogens is 1. The Kier molecular flexibility index (Phi) is 3.85. The van der Waals surface area contributed by atoms with Crippen LogP contribution in [0.25, 0.3) is 0 Å². The number of nitrogens with zero attached hydrogens (tertiary/aromatic N) is 2. The van der Waals surface area contributed by atoms with Crippen molar-refractivity contribution in [3.05, 3.63) is 10.9 Å². The molecule has 5 nitrogen and oxygen atoms in total. The highest BCUT2D eigenvalue weighted by Gasteiger charge is 2.46. The molecule has 1 saturated heterocycles. The Morgan fingerprint density at radius 1 is 1.60 bits per heavy atom. The number of nitrogens with two attached hydrogens (primary N) is 1. The summed E-state index contributed by atoms with van der Waals surface area (Å²) in [6, 6.07) is 0. The fraction of sp³-hybridized carbons (Fsp3) is 0.692. The third-order valence-corrected chi connectivity index (χ3v) is 4.79. The number of methoxy groups -OCH3 is 1. The minimum absolute atomic E-state index is 0.351. The van der Waals surface area contributed by atoms with Gasteiger partial charge >= 0.3 is 0 Å². The third-order valence-electron chi connectivity index (χ3n) is 3.96. The van der Waals surface area contributed by atoms with Crippen LogP contribution >= 0.6 is 11.3 Å². The molecule has 2 aliphatic rings. The number of rotatable bonds is 4. The molecule has 2 N–H and O–H groups in total. The van der Waals surface area contributed by atoms with Crippen molar-refractivity contribution in [1.82, 2.24) is 9.96 Å². The van der Waals surface area contributed by atoms with Gasteiger partial charge in [0.05, 0.1) is 18.2 Å². The first kappa shape index (κ1) is 14.1. The molecule has 20 heavy (non-hydrogen) atoms. The van der Waals surface area contributed by atoms with Crippen molar-refractivity contribution in [3.63, 3.8) is 0 Å². The number of hydrogen-bond donors (Lipinski definition) is 1. The van der Waals surface area contributed by atoms with Gasteiger partial charge in [0, 0.05) is 37.6 Å². The topological polar surface area (TPSA) is 51.0 Å². The van der Waals surface area contributed by atoms with Gasteiger partial charge in [0.15, 0.2) is 5.75 Å². The number of ether oxygens (including phenoxy) is 1. The average Bonchev–Trinajstić information content (AvgIpc) is 3.00. The van der Waals surface area contributed by atoms with E-state index in [4.69, 9.17) is 15.3 Å². The van der Waals surface area contributed by atoms with Crippen LogP contribution < -0.4 is 10.6 Å². The predicted molar refractivity (Wildman–Crippen MR) is 76.3 cm³/mol. The summed E-state index contributed by atoms with van der Waals surface area (Å²) in [5.74, 6) is -0.742. The molecule has 7 heteroatoms. The molecule has 1 aromatic rings. The highest BCUT2D eigenvalue weighted by atomic mass is 32.1. The smallest absolute Gasteiger partial charge is 0.208 e. The molecule has 1 aromatic heterocycles. The lowest BCUT2D eigenvalue weighted by atomic mass is 10.0. The number of alkyl halides is 1. The first-order valence-electron chi connectivity index (χ1n) is 6.84. The summed E-state index contributed by atoms with van der Waals surface area (Å²) in [5, 5.41) is 4.03. The van der Waals surface area contributed by atoms with E-state index >= 15 is 4.39 Å². The molecule has 0 aliphatic carbocycles. The first-order chi connectivity index (χ1) is 9.62. The zero-order valence-corrected chi connectivity index (χ0v) is 12.4. The predicted octanol–water partition coefficient (Wildman–Crippen LogP) is 1.85. The first-order valence-corrected chi connectivity index (χ1v) is 7.72. The number of nitrogen functional groups attached to an aromatic ring is 1. The molecule has 0 aromatic carbocycles. The Labute approximate surface area is 122 Å². The summed E-state index contributed by atoms with van der Waals surface area (Å²) < 4.78 is 20.3. The summed E-state index contributed by atoms with van der Waals surface area (Å²) >= 11 is 1.44. The molecular weight excluding hydrogens is 281 g/mol. The van der Waals surface area contributed by atoms with Crippen LogP contribution in [0.3, 0.4) is 0 Å². The lowest BCUT2D eigenvalue weighted by Crippen LogP contribution is -2.56. The molecule has 3 rings (SSSR count). The largest absolute Gasteiger partial charge is 0.401 e. The lowest BCUT2D eigenvalue weighted by Gasteiger charge is -2.41. The van der Waals surface area contributed by atoms with E-state index in [2.05, 4.69) is 4.90 Å². The van der Waals surface area contributed by atoms with Crippen molar-refractivity contribution >= 4 is 16.3 Å². The highest BCUT2D eigenvalue weighted by Crippen LogP contribution is 2.42. The van der Waals surface area contributed by atoms with Crippen LogP contribution in [-0.4, -0.2) is 49.1 Å². The van der Waals surface area contributed by atoms with Crippen LogP contribution in [0.5, 0.6) is 5.75 Å². The van der Waals surface area contributed by atoms with E-state index in [-0.39, 0.29) is 0 Å². The van der Waals surface area contributed by atoms with E-state index in [0.717, 1.165) is 30.1 Å². The Hall–Kier alpha value is -0.890. The molecule has 0 saturated carbocycles. The maximum atomic E-state index is 15.2. The molecule has 0 unspecified atom stereocenters. The van der Waals surface area contributed by atoms with Gasteiger partial charge in [0.1, 0.15) is 0 Å². The summed E-state index contributed by atoms with van der Waals surface area (Å²) in [4.78, 5) is 7.74. The minimum Gasteiger partial charge on any atom is -0.401 e. The minimum atomic E-state index is -1.45. The second kappa shape index (κ2) is 5.48. The second-order valence-corrected chi connectivity index (χ2v) is 6.27. The quantitative estimate of drug-likeness (QED) is 0.860. The SMILES string of the molecule is COCCN1CCC[C@@](F)(N2Cc3c(csc3N)O2)C1.